The van der Waals surface area contributed by atoms with Crippen molar-refractivity contribution in [3.05, 3.63) is 34.9 Å². The zero-order valence-electron chi connectivity index (χ0n) is 11.5. The molecule has 1 heterocycles. The van der Waals surface area contributed by atoms with E-state index in [1.54, 1.807) is 24.3 Å². The van der Waals surface area contributed by atoms with Gasteiger partial charge in [0.15, 0.2) is 0 Å². The van der Waals surface area contributed by atoms with Gasteiger partial charge in [-0.3, -0.25) is 0 Å². The number of halogens is 1. The average molecular weight is 317 g/mol. The summed E-state index contributed by atoms with van der Waals surface area (Å²) in [7, 11) is -3.27. The molecule has 2 rings (SSSR count). The fourth-order valence-corrected chi connectivity index (χ4v) is 3.82. The molecule has 1 fully saturated rings. The first-order valence-electron chi connectivity index (χ1n) is 6.99. The zero-order chi connectivity index (χ0) is 14.4. The lowest BCUT2D eigenvalue weighted by atomic mass is 10.2. The first-order chi connectivity index (χ1) is 9.55. The van der Waals surface area contributed by atoms with Crippen molar-refractivity contribution in [3.8, 4) is 0 Å². The van der Waals surface area contributed by atoms with E-state index in [4.69, 9.17) is 11.6 Å². The summed E-state index contributed by atoms with van der Waals surface area (Å²) < 4.78 is 26.5. The highest BCUT2D eigenvalue weighted by atomic mass is 35.5. The number of benzene rings is 1. The van der Waals surface area contributed by atoms with Crippen LogP contribution in [-0.4, -0.2) is 39.5 Å². The van der Waals surface area contributed by atoms with E-state index in [9.17, 15) is 8.42 Å². The minimum Gasteiger partial charge on any atom is -0.303 e. The van der Waals surface area contributed by atoms with Gasteiger partial charge in [0.25, 0.3) is 0 Å². The third kappa shape index (κ3) is 5.40. The quantitative estimate of drug-likeness (QED) is 0.785. The number of sulfonamides is 1. The summed E-state index contributed by atoms with van der Waals surface area (Å²) in [4.78, 5) is 2.38. The van der Waals surface area contributed by atoms with Crippen molar-refractivity contribution in [1.29, 1.82) is 0 Å². The lowest BCUT2D eigenvalue weighted by Gasteiger charge is -2.14. The standard InChI is InChI=1S/C14H21ClN2O2S/c15-14-6-3-5-13(11-14)12-20(18,19)16-7-4-10-17-8-1-2-9-17/h3,5-6,11,16H,1-2,4,7-10,12H2. The van der Waals surface area contributed by atoms with Crippen molar-refractivity contribution in [2.75, 3.05) is 26.2 Å². The van der Waals surface area contributed by atoms with Crippen LogP contribution in [0.5, 0.6) is 0 Å². The number of likely N-dealkylation sites (tertiary alicyclic amines) is 1. The van der Waals surface area contributed by atoms with Gasteiger partial charge in [0, 0.05) is 11.6 Å². The Labute approximate surface area is 126 Å². The molecule has 1 aromatic carbocycles. The predicted molar refractivity (Wildman–Crippen MR) is 82.4 cm³/mol. The molecule has 1 aliphatic rings. The van der Waals surface area contributed by atoms with Crippen molar-refractivity contribution in [2.24, 2.45) is 0 Å². The van der Waals surface area contributed by atoms with Gasteiger partial charge in [-0.2, -0.15) is 0 Å². The summed E-state index contributed by atoms with van der Waals surface area (Å²) >= 11 is 5.85. The van der Waals surface area contributed by atoms with Crippen LogP contribution in [-0.2, 0) is 15.8 Å². The Hall–Kier alpha value is -0.620. The highest BCUT2D eigenvalue weighted by Crippen LogP contribution is 2.13. The Balaban J connectivity index is 1.73. The van der Waals surface area contributed by atoms with Crippen LogP contribution in [0.1, 0.15) is 24.8 Å². The minimum absolute atomic E-state index is 0.0166. The SMILES string of the molecule is O=S(=O)(Cc1cccc(Cl)c1)NCCCN1CCCC1. The molecule has 0 atom stereocenters. The largest absolute Gasteiger partial charge is 0.303 e. The molecule has 1 N–H and O–H groups in total. The van der Waals surface area contributed by atoms with Gasteiger partial charge in [0.2, 0.25) is 10.0 Å². The van der Waals surface area contributed by atoms with Gasteiger partial charge in [0.1, 0.15) is 0 Å². The maximum atomic E-state index is 11.9. The average Bonchev–Trinajstić information content (AvgIpc) is 2.87. The van der Waals surface area contributed by atoms with Gasteiger partial charge >= 0.3 is 0 Å². The van der Waals surface area contributed by atoms with Crippen molar-refractivity contribution < 1.29 is 8.42 Å². The third-order valence-electron chi connectivity index (χ3n) is 3.42. The third-order valence-corrected chi connectivity index (χ3v) is 5.01. The Bertz CT molecular complexity index is 528. The predicted octanol–water partition coefficient (Wildman–Crippen LogP) is 2.25. The van der Waals surface area contributed by atoms with Crippen molar-refractivity contribution in [3.63, 3.8) is 0 Å². The van der Waals surface area contributed by atoms with Gasteiger partial charge in [-0.1, -0.05) is 23.7 Å². The molecule has 0 radical (unpaired) electrons. The van der Waals surface area contributed by atoms with Crippen LogP contribution in [0, 0.1) is 0 Å². The van der Waals surface area contributed by atoms with E-state index in [0.717, 1.165) is 26.1 Å². The van der Waals surface area contributed by atoms with Gasteiger partial charge in [-0.05, 0) is 56.6 Å². The molecule has 1 aromatic rings. The Morgan fingerprint density at radius 3 is 2.70 bits per heavy atom. The second-order valence-electron chi connectivity index (χ2n) is 5.19. The molecular weight excluding hydrogens is 296 g/mol. The van der Waals surface area contributed by atoms with Crippen LogP contribution < -0.4 is 4.72 Å². The number of nitrogens with one attached hydrogen (secondary N) is 1. The molecule has 0 spiro atoms. The van der Waals surface area contributed by atoms with E-state index in [0.29, 0.717) is 17.1 Å². The van der Waals surface area contributed by atoms with Crippen molar-refractivity contribution in [2.45, 2.75) is 25.0 Å². The smallest absolute Gasteiger partial charge is 0.215 e. The summed E-state index contributed by atoms with van der Waals surface area (Å²) in [6.45, 7) is 3.77. The lowest BCUT2D eigenvalue weighted by Crippen LogP contribution is -2.29. The number of nitrogens with zero attached hydrogens (tertiary/aromatic N) is 1. The molecule has 1 saturated heterocycles. The molecule has 1 aliphatic heterocycles. The molecule has 20 heavy (non-hydrogen) atoms. The Morgan fingerprint density at radius 2 is 2.00 bits per heavy atom. The highest BCUT2D eigenvalue weighted by molar-refractivity contribution is 7.88. The maximum absolute atomic E-state index is 11.9. The van der Waals surface area contributed by atoms with E-state index in [1.165, 1.54) is 12.8 Å². The second-order valence-corrected chi connectivity index (χ2v) is 7.43. The van der Waals surface area contributed by atoms with Crippen LogP contribution >= 0.6 is 11.6 Å². The Morgan fingerprint density at radius 1 is 1.25 bits per heavy atom. The van der Waals surface area contributed by atoms with Gasteiger partial charge in [-0.25, -0.2) is 13.1 Å². The molecular formula is C14H21ClN2O2S. The summed E-state index contributed by atoms with van der Waals surface area (Å²) in [6.07, 6.45) is 3.38. The van der Waals surface area contributed by atoms with Crippen LogP contribution in [0.3, 0.4) is 0 Å². The van der Waals surface area contributed by atoms with Crippen LogP contribution in [0.4, 0.5) is 0 Å². The van der Waals surface area contributed by atoms with Crippen molar-refractivity contribution >= 4 is 21.6 Å². The topological polar surface area (TPSA) is 49.4 Å². The van der Waals surface area contributed by atoms with Crippen LogP contribution in [0.15, 0.2) is 24.3 Å². The first kappa shape index (κ1) is 15.8. The second kappa shape index (κ2) is 7.41. The molecule has 0 bridgehead atoms. The highest BCUT2D eigenvalue weighted by Gasteiger charge is 2.13. The Kier molecular flexibility index (Phi) is 5.84. The normalized spacial score (nSPS) is 16.6. The van der Waals surface area contributed by atoms with Gasteiger partial charge in [0.05, 0.1) is 5.75 Å². The molecule has 0 saturated carbocycles. The van der Waals surface area contributed by atoms with Crippen LogP contribution in [0.25, 0.3) is 0 Å². The molecule has 0 aliphatic carbocycles. The molecule has 0 amide bonds. The number of hydrogen-bond donors (Lipinski definition) is 1. The summed E-state index contributed by atoms with van der Waals surface area (Å²) in [5, 5.41) is 0.562. The maximum Gasteiger partial charge on any atom is 0.215 e. The van der Waals surface area contributed by atoms with E-state index < -0.39 is 10.0 Å². The summed E-state index contributed by atoms with van der Waals surface area (Å²) in [5.41, 5.74) is 0.713. The molecule has 0 aromatic heterocycles. The van der Waals surface area contributed by atoms with E-state index in [2.05, 4.69) is 9.62 Å². The molecule has 0 unspecified atom stereocenters. The van der Waals surface area contributed by atoms with Crippen molar-refractivity contribution in [1.82, 2.24) is 9.62 Å². The molecule has 4 nitrogen and oxygen atoms in total. The molecule has 6 heteroatoms. The van der Waals surface area contributed by atoms with E-state index >= 15 is 0 Å². The van der Waals surface area contributed by atoms with Gasteiger partial charge < -0.3 is 4.90 Å². The van der Waals surface area contributed by atoms with E-state index in [-0.39, 0.29) is 5.75 Å². The monoisotopic (exact) mass is 316 g/mol. The zero-order valence-corrected chi connectivity index (χ0v) is 13.1. The van der Waals surface area contributed by atoms with Crippen LogP contribution in [0.2, 0.25) is 5.02 Å². The fraction of sp³-hybridized carbons (Fsp3) is 0.571. The fourth-order valence-electron chi connectivity index (χ4n) is 2.43. The minimum atomic E-state index is -3.27. The van der Waals surface area contributed by atoms with E-state index in [1.807, 2.05) is 0 Å². The van der Waals surface area contributed by atoms with Gasteiger partial charge in [-0.15, -0.1) is 0 Å². The summed E-state index contributed by atoms with van der Waals surface area (Å²) in [6, 6.07) is 6.96. The molecule has 112 valence electrons. The number of rotatable bonds is 7. The first-order valence-corrected chi connectivity index (χ1v) is 9.02. The summed E-state index contributed by atoms with van der Waals surface area (Å²) in [5.74, 6) is -0.0166. The number of hydrogen-bond acceptors (Lipinski definition) is 3. The lowest BCUT2D eigenvalue weighted by molar-refractivity contribution is 0.334.